The van der Waals surface area contributed by atoms with Gasteiger partial charge >= 0.3 is 0 Å². The van der Waals surface area contributed by atoms with Crippen molar-refractivity contribution >= 4 is 0 Å². The number of nitrogens with two attached hydrogens (primary N) is 1. The van der Waals surface area contributed by atoms with Gasteiger partial charge in [0.05, 0.1) is 0 Å². The Morgan fingerprint density at radius 3 is 2.67 bits per heavy atom. The van der Waals surface area contributed by atoms with E-state index in [2.05, 4.69) is 11.8 Å². The van der Waals surface area contributed by atoms with Crippen LogP contribution in [0.2, 0.25) is 0 Å². The minimum atomic E-state index is -0.208. The molecule has 1 aromatic rings. The summed E-state index contributed by atoms with van der Waals surface area (Å²) in [6, 6.07) is 6.51. The molecule has 0 spiro atoms. The fourth-order valence-electron chi connectivity index (χ4n) is 1.45. The maximum atomic E-state index is 13.4. The normalized spacial score (nSPS) is 13.1. The van der Waals surface area contributed by atoms with E-state index in [-0.39, 0.29) is 11.9 Å². The lowest BCUT2D eigenvalue weighted by atomic mass is 10.0. The van der Waals surface area contributed by atoms with Crippen molar-refractivity contribution in [3.05, 3.63) is 35.6 Å². The molecule has 0 saturated heterocycles. The Hall–Kier alpha value is -0.930. The number of halogens is 1. The van der Waals surface area contributed by atoms with Gasteiger partial charge in [-0.15, -0.1) is 0 Å². The van der Waals surface area contributed by atoms with Crippen LogP contribution in [0.25, 0.3) is 0 Å². The molecule has 0 fully saturated rings. The van der Waals surface area contributed by atoms with Crippen LogP contribution in [0.3, 0.4) is 0 Å². The maximum absolute atomic E-state index is 13.4. The third-order valence-corrected chi connectivity index (χ3v) is 2.67. The first kappa shape index (κ1) is 12.1. The topological polar surface area (TPSA) is 29.3 Å². The molecule has 0 aliphatic carbocycles. The number of hydrogen-bond acceptors (Lipinski definition) is 2. The molecule has 0 heterocycles. The Morgan fingerprint density at radius 2 is 2.07 bits per heavy atom. The Balaban J connectivity index is 2.54. The lowest BCUT2D eigenvalue weighted by Gasteiger charge is -2.18. The van der Waals surface area contributed by atoms with Gasteiger partial charge in [0.15, 0.2) is 0 Å². The van der Waals surface area contributed by atoms with E-state index < -0.39 is 0 Å². The number of benzene rings is 1. The molecule has 84 valence electrons. The van der Waals surface area contributed by atoms with Gasteiger partial charge in [-0.25, -0.2) is 4.39 Å². The van der Waals surface area contributed by atoms with Crippen molar-refractivity contribution < 1.29 is 4.39 Å². The summed E-state index contributed by atoms with van der Waals surface area (Å²) in [5.74, 6) is -0.204. The zero-order valence-corrected chi connectivity index (χ0v) is 9.41. The largest absolute Gasteiger partial charge is 0.324 e. The predicted molar refractivity (Wildman–Crippen MR) is 61.1 cm³/mol. The Bertz CT molecular complexity index is 301. The average Bonchev–Trinajstić information content (AvgIpc) is 2.26. The second-order valence-corrected chi connectivity index (χ2v) is 3.81. The summed E-state index contributed by atoms with van der Waals surface area (Å²) in [4.78, 5) is 2.17. The zero-order chi connectivity index (χ0) is 11.3. The summed E-state index contributed by atoms with van der Waals surface area (Å²) in [6.45, 7) is 3.98. The van der Waals surface area contributed by atoms with E-state index in [1.807, 2.05) is 13.1 Å². The summed E-state index contributed by atoms with van der Waals surface area (Å²) < 4.78 is 13.4. The van der Waals surface area contributed by atoms with Crippen molar-refractivity contribution in [1.29, 1.82) is 0 Å². The van der Waals surface area contributed by atoms with Gasteiger partial charge in [0.25, 0.3) is 0 Å². The molecule has 0 radical (unpaired) electrons. The lowest BCUT2D eigenvalue weighted by molar-refractivity contribution is 0.333. The average molecular weight is 210 g/mol. The van der Waals surface area contributed by atoms with Crippen molar-refractivity contribution in [3.63, 3.8) is 0 Å². The molecular formula is C12H19FN2. The van der Waals surface area contributed by atoms with Crippen LogP contribution in [0.15, 0.2) is 24.3 Å². The first-order chi connectivity index (χ1) is 7.15. The molecule has 1 aromatic carbocycles. The molecule has 0 saturated carbocycles. The number of hydrogen-bond donors (Lipinski definition) is 1. The maximum Gasteiger partial charge on any atom is 0.127 e. The molecule has 0 amide bonds. The van der Waals surface area contributed by atoms with Gasteiger partial charge in [-0.3, -0.25) is 0 Å². The van der Waals surface area contributed by atoms with Crippen LogP contribution in [0.1, 0.15) is 24.9 Å². The number of rotatable bonds is 5. The molecule has 0 bridgehead atoms. The van der Waals surface area contributed by atoms with Gasteiger partial charge in [0, 0.05) is 11.6 Å². The first-order valence-corrected chi connectivity index (χ1v) is 5.33. The molecule has 1 unspecified atom stereocenters. The van der Waals surface area contributed by atoms with E-state index in [0.29, 0.717) is 5.56 Å². The second-order valence-electron chi connectivity index (χ2n) is 3.81. The van der Waals surface area contributed by atoms with Crippen molar-refractivity contribution in [3.8, 4) is 0 Å². The van der Waals surface area contributed by atoms with Crippen LogP contribution >= 0.6 is 0 Å². The van der Waals surface area contributed by atoms with Gasteiger partial charge < -0.3 is 10.6 Å². The molecule has 0 aromatic heterocycles. The van der Waals surface area contributed by atoms with Crippen molar-refractivity contribution in [2.45, 2.75) is 19.4 Å². The molecular weight excluding hydrogens is 191 g/mol. The highest BCUT2D eigenvalue weighted by molar-refractivity contribution is 5.20. The first-order valence-electron chi connectivity index (χ1n) is 5.33. The third-order valence-electron chi connectivity index (χ3n) is 2.67. The highest BCUT2D eigenvalue weighted by atomic mass is 19.1. The lowest BCUT2D eigenvalue weighted by Crippen LogP contribution is -2.23. The van der Waals surface area contributed by atoms with Gasteiger partial charge in [0.2, 0.25) is 0 Å². The van der Waals surface area contributed by atoms with Crippen LogP contribution in [-0.2, 0) is 0 Å². The predicted octanol–water partition coefficient (Wildman–Crippen LogP) is 2.17. The quantitative estimate of drug-likeness (QED) is 0.807. The van der Waals surface area contributed by atoms with Crippen LogP contribution in [0, 0.1) is 5.82 Å². The van der Waals surface area contributed by atoms with E-state index in [4.69, 9.17) is 5.73 Å². The van der Waals surface area contributed by atoms with E-state index >= 15 is 0 Å². The smallest absolute Gasteiger partial charge is 0.127 e. The molecule has 0 aliphatic heterocycles. The Morgan fingerprint density at radius 1 is 1.40 bits per heavy atom. The van der Waals surface area contributed by atoms with Crippen molar-refractivity contribution in [2.75, 3.05) is 20.1 Å². The number of nitrogens with zero attached hydrogens (tertiary/aromatic N) is 1. The van der Waals surface area contributed by atoms with E-state index in [1.54, 1.807) is 12.1 Å². The van der Waals surface area contributed by atoms with Gasteiger partial charge in [0.1, 0.15) is 5.82 Å². The van der Waals surface area contributed by atoms with Crippen molar-refractivity contribution in [2.24, 2.45) is 5.73 Å². The fourth-order valence-corrected chi connectivity index (χ4v) is 1.45. The molecule has 1 atom stereocenters. The highest BCUT2D eigenvalue weighted by Gasteiger charge is 2.10. The van der Waals surface area contributed by atoms with E-state index in [0.717, 1.165) is 19.5 Å². The summed E-state index contributed by atoms with van der Waals surface area (Å²) in [6.07, 6.45) is 0.783. The third kappa shape index (κ3) is 3.61. The standard InChI is InChI=1S/C12H19FN2/c1-3-15(2)9-8-12(14)10-6-4-5-7-11(10)13/h4-7,12H,3,8-9,14H2,1-2H3. The summed E-state index contributed by atoms with van der Waals surface area (Å²) in [5, 5.41) is 0. The van der Waals surface area contributed by atoms with Gasteiger partial charge in [-0.2, -0.15) is 0 Å². The SMILES string of the molecule is CCN(C)CCC(N)c1ccccc1F. The monoisotopic (exact) mass is 210 g/mol. The summed E-state index contributed by atoms with van der Waals surface area (Å²) in [5.41, 5.74) is 6.55. The van der Waals surface area contributed by atoms with Crippen LogP contribution in [-0.4, -0.2) is 25.0 Å². The Labute approximate surface area is 90.9 Å². The van der Waals surface area contributed by atoms with Crippen LogP contribution in [0.4, 0.5) is 4.39 Å². The van der Waals surface area contributed by atoms with Gasteiger partial charge in [-0.1, -0.05) is 25.1 Å². The Kier molecular flexibility index (Phi) is 4.72. The summed E-state index contributed by atoms with van der Waals surface area (Å²) in [7, 11) is 2.04. The van der Waals surface area contributed by atoms with E-state index in [1.165, 1.54) is 6.07 Å². The minimum Gasteiger partial charge on any atom is -0.324 e. The minimum absolute atomic E-state index is 0.204. The summed E-state index contributed by atoms with van der Waals surface area (Å²) >= 11 is 0. The molecule has 0 aliphatic rings. The molecule has 2 nitrogen and oxygen atoms in total. The van der Waals surface area contributed by atoms with Crippen molar-refractivity contribution in [1.82, 2.24) is 4.90 Å². The van der Waals surface area contributed by atoms with E-state index in [9.17, 15) is 4.39 Å². The fraction of sp³-hybridized carbons (Fsp3) is 0.500. The zero-order valence-electron chi connectivity index (χ0n) is 9.41. The molecule has 2 N–H and O–H groups in total. The van der Waals surface area contributed by atoms with Crippen LogP contribution < -0.4 is 5.73 Å². The van der Waals surface area contributed by atoms with Gasteiger partial charge in [-0.05, 0) is 32.6 Å². The molecule has 15 heavy (non-hydrogen) atoms. The molecule has 3 heteroatoms. The molecule has 1 rings (SSSR count). The van der Waals surface area contributed by atoms with Crippen LogP contribution in [0.5, 0.6) is 0 Å². The highest BCUT2D eigenvalue weighted by Crippen LogP contribution is 2.17. The second kappa shape index (κ2) is 5.83.